The number of aryl methyl sites for hydroxylation is 1. The van der Waals surface area contributed by atoms with Crippen molar-refractivity contribution in [3.63, 3.8) is 0 Å². The molecule has 2 heterocycles. The molecule has 12 nitrogen and oxygen atoms in total. The van der Waals surface area contributed by atoms with Crippen molar-refractivity contribution >= 4 is 18.7 Å². The van der Waals surface area contributed by atoms with Crippen LogP contribution in [0, 0.1) is 6.92 Å². The molecule has 1 aliphatic rings. The predicted molar refractivity (Wildman–Crippen MR) is 200 cm³/mol. The molecule has 0 bridgehead atoms. The van der Waals surface area contributed by atoms with Crippen molar-refractivity contribution in [2.45, 2.75) is 81.7 Å². The Morgan fingerprint density at radius 2 is 1.36 bits per heavy atom. The van der Waals surface area contributed by atoms with E-state index in [0.29, 0.717) is 28.2 Å². The van der Waals surface area contributed by atoms with Gasteiger partial charge >= 0.3 is 29.9 Å². The monoisotopic (exact) mass is 806 g/mol. The summed E-state index contributed by atoms with van der Waals surface area (Å²) >= 11 is 0. The highest BCUT2D eigenvalue weighted by Crippen LogP contribution is 2.46. The maximum Gasteiger partial charge on any atom is 0.522 e. The Morgan fingerprint density at radius 3 is 1.84 bits per heavy atom. The van der Waals surface area contributed by atoms with Gasteiger partial charge in [0.25, 0.3) is 5.56 Å². The van der Waals surface area contributed by atoms with Crippen LogP contribution in [0.1, 0.15) is 62.6 Å². The van der Waals surface area contributed by atoms with E-state index in [1.165, 1.54) is 13.1 Å². The number of ether oxygens (including phenoxy) is 4. The van der Waals surface area contributed by atoms with Crippen LogP contribution in [-0.4, -0.2) is 65.1 Å². The zero-order valence-corrected chi connectivity index (χ0v) is 33.3. The third-order valence-corrected chi connectivity index (χ3v) is 16.1. The normalized spacial score (nSPS) is 18.2. The number of benzene rings is 3. The average molecular weight is 807 g/mol. The third-order valence-electron chi connectivity index (χ3n) is 9.74. The highest BCUT2D eigenvalue weighted by molar-refractivity contribution is 7.88. The van der Waals surface area contributed by atoms with Crippen LogP contribution in [0.2, 0.25) is 11.1 Å². The molecule has 17 heteroatoms. The van der Waals surface area contributed by atoms with E-state index in [-0.39, 0.29) is 18.6 Å². The van der Waals surface area contributed by atoms with E-state index in [1.807, 2.05) is 54.6 Å². The fourth-order valence-electron chi connectivity index (χ4n) is 6.83. The lowest BCUT2D eigenvalue weighted by Crippen LogP contribution is -2.55. The number of hydrogen-bond donors (Lipinski definition) is 1. The Bertz CT molecular complexity index is 2090. The van der Waals surface area contributed by atoms with Crippen LogP contribution in [0.5, 0.6) is 11.5 Å². The first kappa shape index (κ1) is 41.9. The molecule has 1 N–H and O–H groups in total. The van der Waals surface area contributed by atoms with Gasteiger partial charge in [-0.3, -0.25) is 18.2 Å². The maximum absolute atomic E-state index is 13.8. The van der Waals surface area contributed by atoms with E-state index in [4.69, 9.17) is 27.2 Å². The van der Waals surface area contributed by atoms with Gasteiger partial charge in [-0.05, 0) is 59.0 Å². The molecule has 0 aliphatic carbocycles. The Kier molecular flexibility index (Phi) is 12.5. The molecule has 0 radical (unpaired) electrons. The number of H-pyrrole nitrogens is 1. The van der Waals surface area contributed by atoms with Gasteiger partial charge in [0.2, 0.25) is 0 Å². The van der Waals surface area contributed by atoms with E-state index >= 15 is 0 Å². The van der Waals surface area contributed by atoms with Gasteiger partial charge in [0.1, 0.15) is 29.4 Å². The predicted octanol–water partition coefficient (Wildman–Crippen LogP) is 6.67. The number of nitrogens with zero attached hydrogens (tertiary/aromatic N) is 1. The number of rotatable bonds is 15. The number of aromatic nitrogens is 2. The van der Waals surface area contributed by atoms with Crippen molar-refractivity contribution in [1.29, 1.82) is 0 Å². The minimum Gasteiger partial charge on any atom is -0.497 e. The summed E-state index contributed by atoms with van der Waals surface area (Å²) in [7, 11) is -7.37. The van der Waals surface area contributed by atoms with Crippen LogP contribution in [-0.2, 0) is 33.5 Å². The molecule has 0 amide bonds. The number of methoxy groups -OCH3 is 2. The summed E-state index contributed by atoms with van der Waals surface area (Å²) in [6, 6.07) is 23.8. The molecule has 55 heavy (non-hydrogen) atoms. The molecule has 0 saturated carbocycles. The van der Waals surface area contributed by atoms with Crippen LogP contribution < -0.4 is 20.7 Å². The second-order valence-corrected chi connectivity index (χ2v) is 19.9. The standard InChI is InChI=1S/C38H45F3N2O10SSi/c1-24(2)55(25(3)4,53-54(46,47)38(39,40)41)52-32-21-34(43-22-26(5)35(44)42-36(43)45)51-33(32)23-50-37(27-11-9-8-10-12-27,28-13-17-30(48-6)18-14-28)29-15-19-31(49-7)20-16-29/h8-20,22,24-25,32-34H,21,23H2,1-7H3,(H,42,44,45)/t32-,33+,34+/m0/s1. The Hall–Kier alpha value is -4.26. The average Bonchev–Trinajstić information content (AvgIpc) is 3.54. The second-order valence-electron chi connectivity index (χ2n) is 13.8. The minimum absolute atomic E-state index is 0.132. The molecule has 298 valence electrons. The van der Waals surface area contributed by atoms with E-state index < -0.39 is 70.6 Å². The number of hydrogen-bond acceptors (Lipinski definition) is 10. The third kappa shape index (κ3) is 8.46. The van der Waals surface area contributed by atoms with Crippen LogP contribution in [0.3, 0.4) is 0 Å². The zero-order valence-electron chi connectivity index (χ0n) is 31.5. The molecule has 3 aromatic carbocycles. The van der Waals surface area contributed by atoms with Gasteiger partial charge in [-0.25, -0.2) is 4.79 Å². The minimum atomic E-state index is -6.09. The first-order valence-corrected chi connectivity index (χ1v) is 20.9. The topological polar surface area (TPSA) is 144 Å². The van der Waals surface area contributed by atoms with E-state index in [0.717, 1.165) is 4.57 Å². The molecule has 3 atom stereocenters. The van der Waals surface area contributed by atoms with Gasteiger partial charge in [-0.1, -0.05) is 82.3 Å². The van der Waals surface area contributed by atoms with Crippen LogP contribution in [0.4, 0.5) is 13.2 Å². The van der Waals surface area contributed by atoms with E-state index in [1.54, 1.807) is 66.2 Å². The number of halogens is 3. The van der Waals surface area contributed by atoms with Crippen molar-refractivity contribution in [3.05, 3.63) is 128 Å². The number of nitrogens with one attached hydrogen (secondary N) is 1. The molecule has 1 aliphatic heterocycles. The molecule has 0 unspecified atom stereocenters. The Balaban J connectivity index is 1.66. The van der Waals surface area contributed by atoms with Gasteiger partial charge in [0.05, 0.1) is 26.9 Å². The Morgan fingerprint density at radius 1 is 0.855 bits per heavy atom. The van der Waals surface area contributed by atoms with Crippen molar-refractivity contribution in [1.82, 2.24) is 9.55 Å². The summed E-state index contributed by atoms with van der Waals surface area (Å²) in [4.78, 5) is 27.6. The quantitative estimate of drug-likeness (QED) is 0.0786. The summed E-state index contributed by atoms with van der Waals surface area (Å²) < 4.78 is 104. The molecular weight excluding hydrogens is 762 g/mol. The molecule has 1 fully saturated rings. The van der Waals surface area contributed by atoms with Crippen molar-refractivity contribution in [2.75, 3.05) is 20.8 Å². The van der Waals surface area contributed by atoms with Gasteiger partial charge < -0.3 is 23.4 Å². The van der Waals surface area contributed by atoms with Gasteiger partial charge in [-0.15, -0.1) is 0 Å². The Labute approximate surface area is 318 Å². The smallest absolute Gasteiger partial charge is 0.497 e. The summed E-state index contributed by atoms with van der Waals surface area (Å²) in [5.41, 5.74) is -7.78. The fourth-order valence-corrected chi connectivity index (χ4v) is 12.9. The van der Waals surface area contributed by atoms with Crippen molar-refractivity contribution in [3.8, 4) is 11.5 Å². The zero-order chi connectivity index (χ0) is 40.3. The highest BCUT2D eigenvalue weighted by atomic mass is 32.2. The lowest BCUT2D eigenvalue weighted by atomic mass is 9.80. The number of alkyl halides is 3. The lowest BCUT2D eigenvalue weighted by molar-refractivity contribution is -0.0947. The molecule has 1 saturated heterocycles. The first-order chi connectivity index (χ1) is 25.9. The van der Waals surface area contributed by atoms with Crippen molar-refractivity contribution in [2.24, 2.45) is 0 Å². The molecular formula is C38H45F3N2O10SSi. The summed E-state index contributed by atoms with van der Waals surface area (Å²) in [6.45, 7) is 7.39. The second kappa shape index (κ2) is 16.5. The molecule has 1 aromatic heterocycles. The van der Waals surface area contributed by atoms with Crippen LogP contribution in [0.25, 0.3) is 0 Å². The van der Waals surface area contributed by atoms with Crippen LogP contribution >= 0.6 is 0 Å². The summed E-state index contributed by atoms with van der Waals surface area (Å²) in [5, 5.41) is 0. The fraction of sp³-hybridized carbons (Fsp3) is 0.421. The maximum atomic E-state index is 13.8. The van der Waals surface area contributed by atoms with Gasteiger partial charge in [-0.2, -0.15) is 21.6 Å². The van der Waals surface area contributed by atoms with Crippen LogP contribution in [0.15, 0.2) is 94.6 Å². The van der Waals surface area contributed by atoms with E-state index in [2.05, 4.69) is 4.98 Å². The SMILES string of the molecule is COc1ccc(C(OC[C@H]2O[C@@H](n3cc(C)c(=O)[nH]c3=O)C[C@@H]2O[Si](OS(=O)(=O)C(F)(F)F)(C(C)C)C(C)C)(c2ccccc2)c2ccc(OC)cc2)cc1. The number of aromatic amines is 1. The highest BCUT2D eigenvalue weighted by Gasteiger charge is 2.59. The summed E-state index contributed by atoms with van der Waals surface area (Å²) in [6.07, 6.45) is -2.17. The van der Waals surface area contributed by atoms with Crippen molar-refractivity contribution < 1.29 is 48.8 Å². The summed E-state index contributed by atoms with van der Waals surface area (Å²) in [5.74, 6) is 1.19. The van der Waals surface area contributed by atoms with Gasteiger partial charge in [0, 0.05) is 18.2 Å². The first-order valence-electron chi connectivity index (χ1n) is 17.5. The lowest BCUT2D eigenvalue weighted by Gasteiger charge is -2.40. The molecule has 4 aromatic rings. The van der Waals surface area contributed by atoms with E-state index in [9.17, 15) is 31.2 Å². The molecule has 5 rings (SSSR count). The molecule has 0 spiro atoms. The van der Waals surface area contributed by atoms with Gasteiger partial charge in [0.15, 0.2) is 0 Å². The largest absolute Gasteiger partial charge is 0.522 e.